The Morgan fingerprint density at radius 3 is 2.75 bits per heavy atom. The van der Waals surface area contributed by atoms with Crippen LogP contribution in [-0.4, -0.2) is 73.9 Å². The lowest BCUT2D eigenvalue weighted by atomic mass is 9.84. The lowest BCUT2D eigenvalue weighted by Gasteiger charge is -2.45. The van der Waals surface area contributed by atoms with Gasteiger partial charge in [-0.15, -0.1) is 0 Å². The van der Waals surface area contributed by atoms with Gasteiger partial charge in [0.1, 0.15) is 29.6 Å². The number of nitrogens with one attached hydrogen (secondary N) is 1. The molecule has 3 aromatic heterocycles. The fourth-order valence-corrected chi connectivity index (χ4v) is 5.53. The van der Waals surface area contributed by atoms with Gasteiger partial charge in [0.15, 0.2) is 0 Å². The van der Waals surface area contributed by atoms with Crippen molar-refractivity contribution in [2.45, 2.75) is 50.4 Å². The van der Waals surface area contributed by atoms with Crippen LogP contribution in [0, 0.1) is 5.82 Å². The minimum Gasteiger partial charge on any atom is -0.490 e. The van der Waals surface area contributed by atoms with Gasteiger partial charge in [0.05, 0.1) is 17.9 Å². The molecule has 2 fully saturated rings. The Hall–Kier alpha value is -3.30. The minimum atomic E-state index is -0.235. The largest absolute Gasteiger partial charge is 0.490 e. The zero-order valence-electron chi connectivity index (χ0n) is 20.8. The van der Waals surface area contributed by atoms with Gasteiger partial charge in [-0.25, -0.2) is 14.4 Å². The Balaban J connectivity index is 1.01. The first-order valence-electron chi connectivity index (χ1n) is 12.7. The fourth-order valence-electron chi connectivity index (χ4n) is 5.53. The summed E-state index contributed by atoms with van der Waals surface area (Å²) < 4.78 is 22.3. The molecule has 1 aliphatic heterocycles. The zero-order valence-corrected chi connectivity index (χ0v) is 20.8. The summed E-state index contributed by atoms with van der Waals surface area (Å²) in [6.07, 6.45) is 11.8. The second-order valence-electron chi connectivity index (χ2n) is 10.3. The summed E-state index contributed by atoms with van der Waals surface area (Å²) >= 11 is 0. The van der Waals surface area contributed by atoms with Crippen molar-refractivity contribution >= 4 is 11.0 Å². The molecule has 0 radical (unpaired) electrons. The summed E-state index contributed by atoms with van der Waals surface area (Å²) in [6, 6.07) is 8.06. The highest BCUT2D eigenvalue weighted by atomic mass is 19.1. The van der Waals surface area contributed by atoms with E-state index in [2.05, 4.69) is 35.8 Å². The molecule has 0 unspecified atom stereocenters. The third-order valence-corrected chi connectivity index (χ3v) is 7.42. The van der Waals surface area contributed by atoms with E-state index in [1.807, 2.05) is 43.5 Å². The summed E-state index contributed by atoms with van der Waals surface area (Å²) in [5, 5.41) is 5.66. The summed E-state index contributed by atoms with van der Waals surface area (Å²) in [5.74, 6) is 0.408. The van der Waals surface area contributed by atoms with Gasteiger partial charge in [-0.05, 0) is 63.5 Å². The maximum Gasteiger partial charge on any atom is 0.141 e. The van der Waals surface area contributed by atoms with Crippen LogP contribution in [0.3, 0.4) is 0 Å². The number of likely N-dealkylation sites (tertiary alicyclic amines) is 1. The van der Waals surface area contributed by atoms with E-state index in [1.165, 1.54) is 6.07 Å². The standard InChI is InChI=1S/C27H32FN7O/c1-33(2)15-18-9-20(28)11-24(10-18)36-23-4-7-34(8-5-23)21-12-22(13-21)35-16-19(14-32-35)26-25-3-6-29-27(25)31-17-30-26/h3,6,9-11,14,16-17,21-23H,4-5,7-8,12-13,15H2,1-2H3,(H,29,30,31). The molecule has 36 heavy (non-hydrogen) atoms. The first-order chi connectivity index (χ1) is 17.5. The highest BCUT2D eigenvalue weighted by molar-refractivity contribution is 5.89. The van der Waals surface area contributed by atoms with E-state index < -0.39 is 0 Å². The Kier molecular flexibility index (Phi) is 6.18. The van der Waals surface area contributed by atoms with Crippen LogP contribution in [-0.2, 0) is 6.54 Å². The van der Waals surface area contributed by atoms with Crippen molar-refractivity contribution in [3.63, 3.8) is 0 Å². The van der Waals surface area contributed by atoms with Crippen LogP contribution in [0.4, 0.5) is 4.39 Å². The molecule has 9 heteroatoms. The van der Waals surface area contributed by atoms with E-state index in [0.717, 1.165) is 66.6 Å². The number of halogens is 1. The summed E-state index contributed by atoms with van der Waals surface area (Å²) in [5.41, 5.74) is 3.72. The monoisotopic (exact) mass is 489 g/mol. The van der Waals surface area contributed by atoms with Gasteiger partial charge < -0.3 is 14.6 Å². The predicted octanol–water partition coefficient (Wildman–Crippen LogP) is 4.27. The Labute approximate surface area is 210 Å². The zero-order chi connectivity index (χ0) is 24.6. The van der Waals surface area contributed by atoms with Crippen LogP contribution in [0.5, 0.6) is 5.75 Å². The molecular formula is C27H32FN7O. The average Bonchev–Trinajstić information content (AvgIpc) is 3.48. The number of aromatic nitrogens is 5. The normalized spacial score (nSPS) is 21.2. The van der Waals surface area contributed by atoms with Gasteiger partial charge in [-0.2, -0.15) is 5.10 Å². The minimum absolute atomic E-state index is 0.137. The van der Waals surface area contributed by atoms with Gasteiger partial charge in [0, 0.05) is 55.1 Å². The lowest BCUT2D eigenvalue weighted by molar-refractivity contribution is 0.0260. The number of nitrogens with zero attached hydrogens (tertiary/aromatic N) is 6. The first-order valence-corrected chi connectivity index (χ1v) is 12.7. The number of piperidine rings is 1. The quantitative estimate of drug-likeness (QED) is 0.418. The molecule has 6 rings (SSSR count). The molecule has 1 saturated carbocycles. The lowest BCUT2D eigenvalue weighted by Crippen LogP contribution is -2.50. The number of hydrogen-bond acceptors (Lipinski definition) is 6. The summed E-state index contributed by atoms with van der Waals surface area (Å²) in [7, 11) is 3.96. The maximum atomic E-state index is 14.1. The van der Waals surface area contributed by atoms with E-state index in [1.54, 1.807) is 12.4 Å². The van der Waals surface area contributed by atoms with Gasteiger partial charge in [-0.3, -0.25) is 9.58 Å². The molecule has 0 bridgehead atoms. The van der Waals surface area contributed by atoms with Crippen molar-refractivity contribution in [3.8, 4) is 17.0 Å². The van der Waals surface area contributed by atoms with Crippen LogP contribution in [0.1, 0.15) is 37.3 Å². The third-order valence-electron chi connectivity index (χ3n) is 7.42. The second-order valence-corrected chi connectivity index (χ2v) is 10.3. The van der Waals surface area contributed by atoms with Crippen LogP contribution < -0.4 is 4.74 Å². The number of fused-ring (bicyclic) bond motifs is 1. The molecule has 2 aliphatic rings. The van der Waals surface area contributed by atoms with Crippen LogP contribution in [0.15, 0.2) is 49.2 Å². The molecule has 8 nitrogen and oxygen atoms in total. The van der Waals surface area contributed by atoms with Gasteiger partial charge in [0.25, 0.3) is 0 Å². The Morgan fingerprint density at radius 2 is 1.94 bits per heavy atom. The molecule has 4 aromatic rings. The van der Waals surface area contributed by atoms with Crippen molar-refractivity contribution in [1.82, 2.24) is 34.5 Å². The van der Waals surface area contributed by atoms with E-state index in [0.29, 0.717) is 24.4 Å². The molecule has 0 atom stereocenters. The number of aromatic amines is 1. The molecule has 1 aliphatic carbocycles. The molecule has 1 N–H and O–H groups in total. The molecule has 0 amide bonds. The smallest absolute Gasteiger partial charge is 0.141 e. The molecule has 0 spiro atoms. The molecule has 1 aromatic carbocycles. The molecular weight excluding hydrogens is 457 g/mol. The molecule has 188 valence electrons. The summed E-state index contributed by atoms with van der Waals surface area (Å²) in [4.78, 5) is 16.5. The average molecular weight is 490 g/mol. The Bertz CT molecular complexity index is 1330. The van der Waals surface area contributed by atoms with E-state index in [9.17, 15) is 4.39 Å². The fraction of sp³-hybridized carbons (Fsp3) is 0.444. The third kappa shape index (κ3) is 4.73. The SMILES string of the molecule is CN(C)Cc1cc(F)cc(OC2CCN(C3CC(n4cc(-c5ncnc6[nH]ccc56)cn4)C3)CC2)c1. The molecule has 4 heterocycles. The van der Waals surface area contributed by atoms with Crippen molar-refractivity contribution in [3.05, 3.63) is 60.6 Å². The summed E-state index contributed by atoms with van der Waals surface area (Å²) in [6.45, 7) is 2.72. The van der Waals surface area contributed by atoms with Crippen LogP contribution >= 0.6 is 0 Å². The van der Waals surface area contributed by atoms with Gasteiger partial charge in [-0.1, -0.05) is 0 Å². The highest BCUT2D eigenvalue weighted by Gasteiger charge is 2.37. The number of ether oxygens (including phenoxy) is 1. The number of H-pyrrole nitrogens is 1. The Morgan fingerprint density at radius 1 is 1.11 bits per heavy atom. The van der Waals surface area contributed by atoms with Crippen molar-refractivity contribution < 1.29 is 9.13 Å². The highest BCUT2D eigenvalue weighted by Crippen LogP contribution is 2.38. The van der Waals surface area contributed by atoms with Crippen LogP contribution in [0.2, 0.25) is 0 Å². The van der Waals surface area contributed by atoms with Crippen LogP contribution in [0.25, 0.3) is 22.3 Å². The van der Waals surface area contributed by atoms with E-state index in [-0.39, 0.29) is 11.9 Å². The molecule has 1 saturated heterocycles. The van der Waals surface area contributed by atoms with Gasteiger partial charge >= 0.3 is 0 Å². The first kappa shape index (κ1) is 23.1. The number of hydrogen-bond donors (Lipinski definition) is 1. The van der Waals surface area contributed by atoms with Crippen molar-refractivity contribution in [2.75, 3.05) is 27.2 Å². The number of rotatable bonds is 7. The van der Waals surface area contributed by atoms with Gasteiger partial charge in [0.2, 0.25) is 0 Å². The second kappa shape index (κ2) is 9.63. The van der Waals surface area contributed by atoms with E-state index >= 15 is 0 Å². The van der Waals surface area contributed by atoms with E-state index in [4.69, 9.17) is 4.74 Å². The van der Waals surface area contributed by atoms with Crippen molar-refractivity contribution in [1.29, 1.82) is 0 Å². The predicted molar refractivity (Wildman–Crippen MR) is 136 cm³/mol. The topological polar surface area (TPSA) is 75.1 Å². The number of benzene rings is 1. The van der Waals surface area contributed by atoms with Crippen molar-refractivity contribution in [2.24, 2.45) is 0 Å². The maximum absolute atomic E-state index is 14.1.